The highest BCUT2D eigenvalue weighted by Gasteiger charge is 2.08. The number of hydrogen-bond acceptors (Lipinski definition) is 3. The van der Waals surface area contributed by atoms with Crippen LogP contribution in [0.2, 0.25) is 0 Å². The first-order valence-electron chi connectivity index (χ1n) is 4.79. The molecule has 0 aliphatic carbocycles. The van der Waals surface area contributed by atoms with Crippen molar-refractivity contribution in [3.63, 3.8) is 0 Å². The van der Waals surface area contributed by atoms with E-state index < -0.39 is 0 Å². The minimum absolute atomic E-state index is 0.233. The molecule has 0 saturated carbocycles. The van der Waals surface area contributed by atoms with E-state index in [0.717, 1.165) is 16.5 Å². The van der Waals surface area contributed by atoms with Gasteiger partial charge in [0.15, 0.2) is 0 Å². The second-order valence-corrected chi connectivity index (χ2v) is 3.39. The van der Waals surface area contributed by atoms with E-state index in [1.807, 2.05) is 30.3 Å². The molecular weight excluding hydrogens is 186 g/mol. The maximum atomic E-state index is 8.62. The average molecular weight is 197 g/mol. The van der Waals surface area contributed by atoms with Crippen LogP contribution in [0, 0.1) is 11.3 Å². The number of nitrogens with two attached hydrogens (primary N) is 1. The van der Waals surface area contributed by atoms with Crippen molar-refractivity contribution < 1.29 is 0 Å². The van der Waals surface area contributed by atoms with Crippen LogP contribution in [-0.4, -0.2) is 4.98 Å². The van der Waals surface area contributed by atoms with Crippen molar-refractivity contribution in [3.8, 4) is 6.07 Å². The first-order valence-corrected chi connectivity index (χ1v) is 4.79. The van der Waals surface area contributed by atoms with Crippen LogP contribution in [0.15, 0.2) is 36.5 Å². The summed E-state index contributed by atoms with van der Waals surface area (Å²) in [5.41, 5.74) is 7.83. The van der Waals surface area contributed by atoms with Crippen LogP contribution in [0.5, 0.6) is 0 Å². The smallest absolute Gasteiger partial charge is 0.0705 e. The average Bonchev–Trinajstić information content (AvgIpc) is 2.28. The Bertz CT molecular complexity index is 508. The number of rotatable bonds is 2. The molecule has 1 aromatic heterocycles. The molecule has 0 radical (unpaired) electrons. The lowest BCUT2D eigenvalue weighted by molar-refractivity contribution is 0.754. The van der Waals surface area contributed by atoms with Gasteiger partial charge in [-0.15, -0.1) is 0 Å². The van der Waals surface area contributed by atoms with Gasteiger partial charge in [0, 0.05) is 17.6 Å². The molecule has 0 saturated heterocycles. The van der Waals surface area contributed by atoms with Crippen molar-refractivity contribution in [1.29, 1.82) is 5.26 Å². The summed E-state index contributed by atoms with van der Waals surface area (Å²) >= 11 is 0. The number of nitrogens with zero attached hydrogens (tertiary/aromatic N) is 2. The molecule has 0 spiro atoms. The highest BCUT2D eigenvalue weighted by molar-refractivity contribution is 5.82. The Morgan fingerprint density at radius 1 is 1.33 bits per heavy atom. The van der Waals surface area contributed by atoms with Crippen LogP contribution >= 0.6 is 0 Å². The van der Waals surface area contributed by atoms with Crippen LogP contribution in [0.25, 0.3) is 10.9 Å². The van der Waals surface area contributed by atoms with Gasteiger partial charge in [0.2, 0.25) is 0 Å². The first kappa shape index (κ1) is 9.63. The number of nitriles is 1. The molecule has 0 amide bonds. The Morgan fingerprint density at radius 2 is 2.13 bits per heavy atom. The Morgan fingerprint density at radius 3 is 2.93 bits per heavy atom. The van der Waals surface area contributed by atoms with Crippen molar-refractivity contribution in [2.45, 2.75) is 12.5 Å². The summed E-state index contributed by atoms with van der Waals surface area (Å²) in [5, 5.41) is 9.65. The quantitative estimate of drug-likeness (QED) is 0.802. The number of para-hydroxylation sites is 1. The van der Waals surface area contributed by atoms with E-state index in [1.54, 1.807) is 6.20 Å². The molecular formula is C12H11N3. The van der Waals surface area contributed by atoms with Crippen LogP contribution in [0.3, 0.4) is 0 Å². The van der Waals surface area contributed by atoms with Crippen molar-refractivity contribution >= 4 is 10.9 Å². The standard InChI is InChI=1S/C12H11N3/c13-7-5-11(14)9-6-8-15-12-4-2-1-3-10(9)12/h1-4,6,8,11H,5,14H2/t11-/m0/s1. The fraction of sp³-hybridized carbons (Fsp3) is 0.167. The summed E-state index contributed by atoms with van der Waals surface area (Å²) < 4.78 is 0. The van der Waals surface area contributed by atoms with Gasteiger partial charge in [-0.05, 0) is 17.7 Å². The third kappa shape index (κ3) is 1.80. The molecule has 0 bridgehead atoms. The van der Waals surface area contributed by atoms with E-state index in [0.29, 0.717) is 6.42 Å². The summed E-state index contributed by atoms with van der Waals surface area (Å²) in [6.07, 6.45) is 2.06. The zero-order valence-corrected chi connectivity index (χ0v) is 8.22. The third-order valence-corrected chi connectivity index (χ3v) is 2.39. The van der Waals surface area contributed by atoms with Gasteiger partial charge >= 0.3 is 0 Å². The zero-order valence-electron chi connectivity index (χ0n) is 8.22. The summed E-state index contributed by atoms with van der Waals surface area (Å²) in [4.78, 5) is 4.25. The molecule has 0 fully saturated rings. The van der Waals surface area contributed by atoms with Crippen molar-refractivity contribution in [2.75, 3.05) is 0 Å². The zero-order chi connectivity index (χ0) is 10.7. The second-order valence-electron chi connectivity index (χ2n) is 3.39. The minimum Gasteiger partial charge on any atom is -0.323 e. The lowest BCUT2D eigenvalue weighted by Gasteiger charge is -2.10. The number of benzene rings is 1. The third-order valence-electron chi connectivity index (χ3n) is 2.39. The van der Waals surface area contributed by atoms with E-state index in [2.05, 4.69) is 11.1 Å². The van der Waals surface area contributed by atoms with Gasteiger partial charge < -0.3 is 5.73 Å². The van der Waals surface area contributed by atoms with Gasteiger partial charge in [-0.25, -0.2) is 0 Å². The summed E-state index contributed by atoms with van der Waals surface area (Å²) in [6.45, 7) is 0. The number of fused-ring (bicyclic) bond motifs is 1. The highest BCUT2D eigenvalue weighted by Crippen LogP contribution is 2.22. The van der Waals surface area contributed by atoms with Gasteiger partial charge in [0.1, 0.15) is 0 Å². The Balaban J connectivity index is 2.56. The highest BCUT2D eigenvalue weighted by atomic mass is 14.7. The normalized spacial score (nSPS) is 12.3. The first-order chi connectivity index (χ1) is 7.33. The molecule has 2 rings (SSSR count). The molecule has 2 N–H and O–H groups in total. The van der Waals surface area contributed by atoms with Crippen molar-refractivity contribution in [2.24, 2.45) is 5.73 Å². The SMILES string of the molecule is N#CC[C@H](N)c1ccnc2ccccc12. The lowest BCUT2D eigenvalue weighted by Crippen LogP contribution is -2.09. The maximum Gasteiger partial charge on any atom is 0.0705 e. The van der Waals surface area contributed by atoms with Crippen molar-refractivity contribution in [3.05, 3.63) is 42.1 Å². The second kappa shape index (κ2) is 4.07. The fourth-order valence-electron chi connectivity index (χ4n) is 1.65. The number of pyridine rings is 1. The monoisotopic (exact) mass is 197 g/mol. The predicted octanol–water partition coefficient (Wildman–Crippen LogP) is 2.15. The van der Waals surface area contributed by atoms with E-state index in [-0.39, 0.29) is 6.04 Å². The van der Waals surface area contributed by atoms with E-state index in [1.165, 1.54) is 0 Å². The lowest BCUT2D eigenvalue weighted by atomic mass is 10.0. The Labute approximate surface area is 88.2 Å². The van der Waals surface area contributed by atoms with Crippen LogP contribution in [-0.2, 0) is 0 Å². The molecule has 1 atom stereocenters. The molecule has 2 aromatic rings. The van der Waals surface area contributed by atoms with Crippen LogP contribution < -0.4 is 5.73 Å². The van der Waals surface area contributed by atoms with Crippen molar-refractivity contribution in [1.82, 2.24) is 4.98 Å². The molecule has 1 aromatic carbocycles. The van der Waals surface area contributed by atoms with E-state index >= 15 is 0 Å². The number of aromatic nitrogens is 1. The van der Waals surface area contributed by atoms with Gasteiger partial charge in [0.25, 0.3) is 0 Å². The van der Waals surface area contributed by atoms with Crippen LogP contribution in [0.4, 0.5) is 0 Å². The molecule has 3 nitrogen and oxygen atoms in total. The van der Waals surface area contributed by atoms with Crippen LogP contribution in [0.1, 0.15) is 18.0 Å². The molecule has 74 valence electrons. The molecule has 0 aliphatic rings. The fourth-order valence-corrected chi connectivity index (χ4v) is 1.65. The summed E-state index contributed by atoms with van der Waals surface area (Å²) in [6, 6.07) is 11.5. The Hall–Kier alpha value is -1.92. The molecule has 1 heterocycles. The summed E-state index contributed by atoms with van der Waals surface area (Å²) in [7, 11) is 0. The Kier molecular flexibility index (Phi) is 2.61. The predicted molar refractivity (Wildman–Crippen MR) is 58.9 cm³/mol. The molecule has 15 heavy (non-hydrogen) atoms. The number of hydrogen-bond donors (Lipinski definition) is 1. The van der Waals surface area contributed by atoms with E-state index in [9.17, 15) is 0 Å². The maximum absolute atomic E-state index is 8.62. The molecule has 0 unspecified atom stereocenters. The molecule has 0 aliphatic heterocycles. The minimum atomic E-state index is -0.233. The van der Waals surface area contributed by atoms with Gasteiger partial charge in [-0.1, -0.05) is 18.2 Å². The van der Waals surface area contributed by atoms with Gasteiger partial charge in [-0.3, -0.25) is 4.98 Å². The summed E-state index contributed by atoms with van der Waals surface area (Å²) in [5.74, 6) is 0. The van der Waals surface area contributed by atoms with Gasteiger partial charge in [0.05, 0.1) is 18.0 Å². The van der Waals surface area contributed by atoms with E-state index in [4.69, 9.17) is 11.0 Å². The van der Waals surface area contributed by atoms with Gasteiger partial charge in [-0.2, -0.15) is 5.26 Å². The largest absolute Gasteiger partial charge is 0.323 e. The topological polar surface area (TPSA) is 62.7 Å². The molecule has 3 heteroatoms.